The van der Waals surface area contributed by atoms with E-state index >= 15 is 0 Å². The van der Waals surface area contributed by atoms with Crippen molar-refractivity contribution in [1.82, 2.24) is 0 Å². The molecule has 0 N–H and O–H groups in total. The second kappa shape index (κ2) is 7.25. The van der Waals surface area contributed by atoms with Gasteiger partial charge in [-0.25, -0.2) is 13.2 Å². The molecule has 4 rings (SSSR count). The Morgan fingerprint density at radius 1 is 0.643 bits per heavy atom. The van der Waals surface area contributed by atoms with Gasteiger partial charge in [-0.15, -0.1) is 0 Å². The minimum atomic E-state index is -0.887. The third-order valence-electron chi connectivity index (χ3n) is 4.60. The summed E-state index contributed by atoms with van der Waals surface area (Å²) < 4.78 is 41.5. The Bertz CT molecular complexity index is 1240. The average molecular weight is 372 g/mol. The predicted octanol–water partition coefficient (Wildman–Crippen LogP) is 6.63. The zero-order valence-corrected chi connectivity index (χ0v) is 15.1. The molecule has 0 radical (unpaired) electrons. The van der Waals surface area contributed by atoms with Gasteiger partial charge < -0.3 is 0 Å². The number of hydrogen-bond donors (Lipinski definition) is 0. The fraction of sp³-hybridized carbons (Fsp3) is 0.0400. The molecular weight excluding hydrogens is 357 g/mol. The predicted molar refractivity (Wildman–Crippen MR) is 106 cm³/mol. The Kier molecular flexibility index (Phi) is 4.63. The van der Waals surface area contributed by atoms with E-state index in [1.165, 1.54) is 18.2 Å². The third kappa shape index (κ3) is 3.50. The topological polar surface area (TPSA) is 0 Å². The van der Waals surface area contributed by atoms with Crippen LogP contribution in [-0.2, 0) is 0 Å². The molecule has 0 atom stereocenters. The Labute approximate surface area is 161 Å². The highest BCUT2D eigenvalue weighted by Crippen LogP contribution is 2.23. The first-order chi connectivity index (χ1) is 13.5. The molecule has 0 unspecified atom stereocenters. The number of hydrogen-bond acceptors (Lipinski definition) is 0. The van der Waals surface area contributed by atoms with Crippen LogP contribution in [0.5, 0.6) is 0 Å². The summed E-state index contributed by atoms with van der Waals surface area (Å²) in [4.78, 5) is 0. The molecule has 0 nitrogen and oxygen atoms in total. The summed E-state index contributed by atoms with van der Waals surface area (Å²) in [6.45, 7) is 2.00. The number of halogens is 3. The van der Waals surface area contributed by atoms with Gasteiger partial charge >= 0.3 is 0 Å². The fourth-order valence-corrected chi connectivity index (χ4v) is 3.02. The van der Waals surface area contributed by atoms with Gasteiger partial charge in [0.2, 0.25) is 0 Å². The number of benzene rings is 4. The molecule has 0 amide bonds. The van der Waals surface area contributed by atoms with Gasteiger partial charge in [0.1, 0.15) is 5.82 Å². The molecule has 0 aromatic heterocycles. The number of fused-ring (bicyclic) bond motifs is 1. The lowest BCUT2D eigenvalue weighted by molar-refractivity contribution is 0.517. The van der Waals surface area contributed by atoms with Crippen LogP contribution in [0.15, 0.2) is 72.8 Å². The van der Waals surface area contributed by atoms with Crippen molar-refractivity contribution in [2.45, 2.75) is 6.92 Å². The van der Waals surface area contributed by atoms with Crippen LogP contribution in [0.25, 0.3) is 21.9 Å². The molecule has 4 aromatic rings. The van der Waals surface area contributed by atoms with Crippen LogP contribution in [0.3, 0.4) is 0 Å². The average Bonchev–Trinajstić information content (AvgIpc) is 2.70. The zero-order valence-electron chi connectivity index (χ0n) is 15.1. The van der Waals surface area contributed by atoms with Gasteiger partial charge in [0.05, 0.1) is 5.56 Å². The summed E-state index contributed by atoms with van der Waals surface area (Å²) in [6, 6.07) is 20.1. The number of aryl methyl sites for hydroxylation is 1. The van der Waals surface area contributed by atoms with Crippen LogP contribution in [0.2, 0.25) is 0 Å². The van der Waals surface area contributed by atoms with E-state index in [1.807, 2.05) is 37.3 Å². The first-order valence-corrected chi connectivity index (χ1v) is 8.78. The molecule has 3 heteroatoms. The first kappa shape index (κ1) is 17.9. The summed E-state index contributed by atoms with van der Waals surface area (Å²) in [5.41, 5.74) is 3.74. The van der Waals surface area contributed by atoms with E-state index in [1.54, 1.807) is 18.2 Å². The van der Waals surface area contributed by atoms with Gasteiger partial charge in [-0.2, -0.15) is 0 Å². The maximum Gasteiger partial charge on any atom is 0.166 e. The Balaban J connectivity index is 1.65. The largest absolute Gasteiger partial charge is 0.206 e. The molecule has 28 heavy (non-hydrogen) atoms. The minimum absolute atomic E-state index is 0.194. The molecule has 0 saturated carbocycles. The van der Waals surface area contributed by atoms with Crippen LogP contribution in [0.1, 0.15) is 16.7 Å². The Morgan fingerprint density at radius 2 is 1.39 bits per heavy atom. The Hall–Kier alpha value is -3.51. The van der Waals surface area contributed by atoms with Crippen LogP contribution in [-0.4, -0.2) is 0 Å². The van der Waals surface area contributed by atoms with Gasteiger partial charge in [-0.3, -0.25) is 0 Å². The van der Waals surface area contributed by atoms with Crippen molar-refractivity contribution >= 4 is 10.8 Å². The van der Waals surface area contributed by atoms with Crippen molar-refractivity contribution in [2.75, 3.05) is 0 Å². The van der Waals surface area contributed by atoms with Crippen molar-refractivity contribution in [3.63, 3.8) is 0 Å². The lowest BCUT2D eigenvalue weighted by Gasteiger charge is -2.04. The summed E-state index contributed by atoms with van der Waals surface area (Å²) in [5.74, 6) is 3.53. The van der Waals surface area contributed by atoms with E-state index in [0.29, 0.717) is 10.9 Å². The molecule has 0 saturated heterocycles. The SMILES string of the molecule is Cc1ccc(-c2ccc(C#Cc3ccc4c(F)c(F)ccc4c3)c(F)c2)cc1. The molecule has 0 fully saturated rings. The minimum Gasteiger partial charge on any atom is -0.206 e. The maximum absolute atomic E-state index is 14.5. The van der Waals surface area contributed by atoms with Gasteiger partial charge in [-0.05, 0) is 53.8 Å². The second-order valence-electron chi connectivity index (χ2n) is 6.61. The molecule has 0 aliphatic rings. The molecule has 0 aliphatic carbocycles. The molecule has 4 aromatic carbocycles. The highest BCUT2D eigenvalue weighted by molar-refractivity contribution is 5.84. The van der Waals surface area contributed by atoms with Crippen LogP contribution in [0, 0.1) is 36.2 Å². The van der Waals surface area contributed by atoms with Crippen molar-refractivity contribution < 1.29 is 13.2 Å². The normalized spacial score (nSPS) is 10.6. The van der Waals surface area contributed by atoms with Crippen molar-refractivity contribution in [3.8, 4) is 23.0 Å². The monoisotopic (exact) mass is 372 g/mol. The molecule has 0 heterocycles. The smallest absolute Gasteiger partial charge is 0.166 e. The summed E-state index contributed by atoms with van der Waals surface area (Å²) >= 11 is 0. The fourth-order valence-electron chi connectivity index (χ4n) is 3.02. The van der Waals surface area contributed by atoms with Crippen LogP contribution < -0.4 is 0 Å². The van der Waals surface area contributed by atoms with E-state index in [2.05, 4.69) is 11.8 Å². The van der Waals surface area contributed by atoms with E-state index in [0.717, 1.165) is 22.8 Å². The van der Waals surface area contributed by atoms with E-state index < -0.39 is 17.5 Å². The molecule has 0 spiro atoms. The van der Waals surface area contributed by atoms with Gasteiger partial charge in [0, 0.05) is 10.9 Å². The number of rotatable bonds is 1. The second-order valence-corrected chi connectivity index (χ2v) is 6.61. The van der Waals surface area contributed by atoms with Crippen molar-refractivity contribution in [1.29, 1.82) is 0 Å². The van der Waals surface area contributed by atoms with Gasteiger partial charge in [0.25, 0.3) is 0 Å². The highest BCUT2D eigenvalue weighted by Gasteiger charge is 2.07. The molecule has 0 bridgehead atoms. The van der Waals surface area contributed by atoms with E-state index in [4.69, 9.17) is 0 Å². The summed E-state index contributed by atoms with van der Waals surface area (Å²) in [5, 5.41) is 0.736. The van der Waals surface area contributed by atoms with Crippen molar-refractivity contribution in [2.24, 2.45) is 0 Å². The standard InChI is InChI=1S/C25H15F3/c1-16-2-6-18(7-3-16)20-10-9-19(24(27)15-20)8-4-17-5-12-22-21(14-17)11-13-23(26)25(22)28/h2-3,5-7,9-15H,1H3. The molecular formula is C25H15F3. The molecule has 0 aliphatic heterocycles. The highest BCUT2D eigenvalue weighted by atomic mass is 19.2. The van der Waals surface area contributed by atoms with Crippen LogP contribution in [0.4, 0.5) is 13.2 Å². The quantitative estimate of drug-likeness (QED) is 0.329. The maximum atomic E-state index is 14.5. The summed E-state index contributed by atoms with van der Waals surface area (Å²) in [7, 11) is 0. The third-order valence-corrected chi connectivity index (χ3v) is 4.60. The zero-order chi connectivity index (χ0) is 19.7. The Morgan fingerprint density at radius 3 is 2.14 bits per heavy atom. The van der Waals surface area contributed by atoms with Gasteiger partial charge in [0.15, 0.2) is 11.6 Å². The lowest BCUT2D eigenvalue weighted by Crippen LogP contribution is -1.88. The van der Waals surface area contributed by atoms with Gasteiger partial charge in [-0.1, -0.05) is 59.9 Å². The van der Waals surface area contributed by atoms with E-state index in [9.17, 15) is 13.2 Å². The van der Waals surface area contributed by atoms with E-state index in [-0.39, 0.29) is 10.9 Å². The first-order valence-electron chi connectivity index (χ1n) is 8.78. The molecule has 136 valence electrons. The lowest BCUT2D eigenvalue weighted by atomic mass is 10.0. The van der Waals surface area contributed by atoms with Crippen molar-refractivity contribution in [3.05, 3.63) is 107 Å². The van der Waals surface area contributed by atoms with Crippen LogP contribution >= 0.6 is 0 Å². The summed E-state index contributed by atoms with van der Waals surface area (Å²) in [6.07, 6.45) is 0.